The topological polar surface area (TPSA) is 89.0 Å². The van der Waals surface area contributed by atoms with Crippen LogP contribution in [0.25, 0.3) is 0 Å². The highest BCUT2D eigenvalue weighted by atomic mass is 16.5. The molecule has 0 saturated carbocycles. The van der Waals surface area contributed by atoms with E-state index in [4.69, 9.17) is 14.9 Å². The quantitative estimate of drug-likeness (QED) is 0.575. The normalized spacial score (nSPS) is 15.9. The Morgan fingerprint density at radius 3 is 2.54 bits per heavy atom. The lowest BCUT2D eigenvalue weighted by molar-refractivity contribution is 0.0640. The molecule has 2 aliphatic heterocycles. The fourth-order valence-electron chi connectivity index (χ4n) is 5.01. The molecule has 7 heteroatoms. The standard InChI is InChI=1S/C28H27N3O4/c1-34-27(33)31-19-28(23-17-21(18-29)8-11-24(23)31)13-15-30(16-14-28)26(32)25-12-10-22(35-25)9-7-20-5-3-2-4-6-20/h2-6,8,10-12,17H,13-16,18-19,29H2,1H3. The summed E-state index contributed by atoms with van der Waals surface area (Å²) in [5.74, 6) is 6.61. The van der Waals surface area contributed by atoms with Crippen LogP contribution in [0.2, 0.25) is 0 Å². The minimum atomic E-state index is -0.373. The van der Waals surface area contributed by atoms with Gasteiger partial charge >= 0.3 is 6.09 Å². The first-order chi connectivity index (χ1) is 17.0. The van der Waals surface area contributed by atoms with Gasteiger partial charge < -0.3 is 19.8 Å². The summed E-state index contributed by atoms with van der Waals surface area (Å²) in [6.45, 7) is 2.09. The molecule has 1 aromatic heterocycles. The number of fused-ring (bicyclic) bond motifs is 2. The molecule has 2 aromatic carbocycles. The third-order valence-electron chi connectivity index (χ3n) is 6.94. The molecule has 1 spiro atoms. The number of methoxy groups -OCH3 is 1. The summed E-state index contributed by atoms with van der Waals surface area (Å²) in [6, 6.07) is 19.0. The summed E-state index contributed by atoms with van der Waals surface area (Å²) in [5.41, 5.74) is 9.52. The van der Waals surface area contributed by atoms with Crippen molar-refractivity contribution in [1.82, 2.24) is 4.90 Å². The average molecular weight is 470 g/mol. The van der Waals surface area contributed by atoms with Gasteiger partial charge in [-0.05, 0) is 60.2 Å². The van der Waals surface area contributed by atoms with Crippen molar-refractivity contribution in [2.24, 2.45) is 5.73 Å². The van der Waals surface area contributed by atoms with Gasteiger partial charge in [-0.2, -0.15) is 0 Å². The molecule has 7 nitrogen and oxygen atoms in total. The van der Waals surface area contributed by atoms with Crippen LogP contribution in [0, 0.1) is 11.8 Å². The number of anilines is 1. The predicted molar refractivity (Wildman–Crippen MR) is 132 cm³/mol. The van der Waals surface area contributed by atoms with Crippen molar-refractivity contribution in [2.75, 3.05) is 31.6 Å². The summed E-state index contributed by atoms with van der Waals surface area (Å²) in [6.07, 6.45) is 1.09. The number of furan rings is 1. The van der Waals surface area contributed by atoms with Gasteiger partial charge in [-0.15, -0.1) is 0 Å². The van der Waals surface area contributed by atoms with Crippen molar-refractivity contribution in [3.05, 3.63) is 88.9 Å². The van der Waals surface area contributed by atoms with Crippen LogP contribution in [0.15, 0.2) is 65.1 Å². The van der Waals surface area contributed by atoms with Gasteiger partial charge in [0.2, 0.25) is 0 Å². The van der Waals surface area contributed by atoms with Gasteiger partial charge in [0.05, 0.1) is 12.8 Å². The van der Waals surface area contributed by atoms with Crippen molar-refractivity contribution >= 4 is 17.7 Å². The van der Waals surface area contributed by atoms with Crippen molar-refractivity contribution in [2.45, 2.75) is 24.8 Å². The Morgan fingerprint density at radius 1 is 1.06 bits per heavy atom. The van der Waals surface area contributed by atoms with Crippen LogP contribution in [0.5, 0.6) is 0 Å². The van der Waals surface area contributed by atoms with E-state index in [1.165, 1.54) is 7.11 Å². The summed E-state index contributed by atoms with van der Waals surface area (Å²) in [5, 5.41) is 0. The zero-order valence-electron chi connectivity index (χ0n) is 19.6. The van der Waals surface area contributed by atoms with E-state index in [1.54, 1.807) is 17.0 Å². The minimum Gasteiger partial charge on any atom is -0.452 e. The number of piperidine rings is 1. The zero-order valence-corrected chi connectivity index (χ0v) is 19.6. The lowest BCUT2D eigenvalue weighted by atomic mass is 9.74. The van der Waals surface area contributed by atoms with E-state index in [0.717, 1.165) is 35.2 Å². The van der Waals surface area contributed by atoms with Gasteiger partial charge in [-0.25, -0.2) is 4.79 Å². The zero-order chi connectivity index (χ0) is 24.4. The summed E-state index contributed by atoms with van der Waals surface area (Å²) in [4.78, 5) is 29.1. The van der Waals surface area contributed by atoms with E-state index in [9.17, 15) is 9.59 Å². The number of benzene rings is 2. The molecule has 5 rings (SSSR count). The second-order valence-corrected chi connectivity index (χ2v) is 8.96. The molecule has 0 radical (unpaired) electrons. The first-order valence-electron chi connectivity index (χ1n) is 11.7. The predicted octanol–water partition coefficient (Wildman–Crippen LogP) is 3.90. The molecule has 1 fully saturated rings. The third kappa shape index (κ3) is 4.29. The van der Waals surface area contributed by atoms with Crippen LogP contribution in [0.4, 0.5) is 10.5 Å². The molecule has 3 aromatic rings. The van der Waals surface area contributed by atoms with Crippen molar-refractivity contribution in [3.63, 3.8) is 0 Å². The average Bonchev–Trinajstić information content (AvgIpc) is 3.51. The number of carbonyl (C=O) groups is 2. The van der Waals surface area contributed by atoms with Crippen LogP contribution >= 0.6 is 0 Å². The Hall–Kier alpha value is -4.02. The Bertz CT molecular complexity index is 1310. The Morgan fingerprint density at radius 2 is 1.83 bits per heavy atom. The number of likely N-dealkylation sites (tertiary alicyclic amines) is 1. The molecule has 0 unspecified atom stereocenters. The Kier molecular flexibility index (Phi) is 6.06. The largest absolute Gasteiger partial charge is 0.452 e. The molecule has 1 saturated heterocycles. The fraction of sp³-hybridized carbons (Fsp3) is 0.286. The Labute approximate surface area is 204 Å². The molecule has 0 bridgehead atoms. The maximum atomic E-state index is 13.1. The van der Waals surface area contributed by atoms with E-state index in [1.807, 2.05) is 47.4 Å². The summed E-state index contributed by atoms with van der Waals surface area (Å²) < 4.78 is 10.8. The van der Waals surface area contributed by atoms with E-state index in [2.05, 4.69) is 17.9 Å². The highest BCUT2D eigenvalue weighted by Crippen LogP contribution is 2.47. The van der Waals surface area contributed by atoms with Gasteiger partial charge in [-0.1, -0.05) is 36.3 Å². The highest BCUT2D eigenvalue weighted by Gasteiger charge is 2.47. The lowest BCUT2D eigenvalue weighted by Gasteiger charge is -2.39. The van der Waals surface area contributed by atoms with Gasteiger partial charge in [0.25, 0.3) is 5.91 Å². The number of amides is 2. The van der Waals surface area contributed by atoms with Gasteiger partial charge in [0.1, 0.15) is 0 Å². The molecule has 35 heavy (non-hydrogen) atoms. The van der Waals surface area contributed by atoms with Gasteiger partial charge in [-0.3, -0.25) is 9.69 Å². The number of nitrogens with zero attached hydrogens (tertiary/aromatic N) is 2. The van der Waals surface area contributed by atoms with E-state index in [0.29, 0.717) is 31.9 Å². The molecule has 2 aliphatic rings. The maximum absolute atomic E-state index is 13.1. The van der Waals surface area contributed by atoms with Gasteiger partial charge in [0.15, 0.2) is 11.5 Å². The fourth-order valence-corrected chi connectivity index (χ4v) is 5.01. The SMILES string of the molecule is COC(=O)N1CC2(CCN(C(=O)c3ccc(C#Cc4ccccc4)o3)CC2)c2cc(CN)ccc21. The minimum absolute atomic E-state index is 0.147. The van der Waals surface area contributed by atoms with Crippen molar-refractivity contribution in [1.29, 1.82) is 0 Å². The van der Waals surface area contributed by atoms with Crippen LogP contribution in [-0.4, -0.2) is 43.6 Å². The van der Waals surface area contributed by atoms with Crippen LogP contribution in [0.1, 0.15) is 45.8 Å². The van der Waals surface area contributed by atoms with Crippen molar-refractivity contribution in [3.8, 4) is 11.8 Å². The number of carbonyl (C=O) groups excluding carboxylic acids is 2. The smallest absolute Gasteiger partial charge is 0.414 e. The first-order valence-corrected chi connectivity index (χ1v) is 11.7. The lowest BCUT2D eigenvalue weighted by Crippen LogP contribution is -2.47. The number of nitrogens with two attached hydrogens (primary N) is 1. The maximum Gasteiger partial charge on any atom is 0.414 e. The van der Waals surface area contributed by atoms with Crippen LogP contribution in [-0.2, 0) is 16.7 Å². The van der Waals surface area contributed by atoms with E-state index < -0.39 is 0 Å². The molecule has 2 N–H and O–H groups in total. The molecular weight excluding hydrogens is 442 g/mol. The molecular formula is C28H27N3O4. The number of rotatable bonds is 2. The third-order valence-corrected chi connectivity index (χ3v) is 6.94. The molecule has 2 amide bonds. The number of ether oxygens (including phenoxy) is 1. The monoisotopic (exact) mass is 469 g/mol. The first kappa shape index (κ1) is 22.8. The van der Waals surface area contributed by atoms with E-state index >= 15 is 0 Å². The number of hydrogen-bond donors (Lipinski definition) is 1. The molecule has 3 heterocycles. The molecule has 0 atom stereocenters. The summed E-state index contributed by atoms with van der Waals surface area (Å²) in [7, 11) is 1.39. The van der Waals surface area contributed by atoms with Crippen molar-refractivity contribution < 1.29 is 18.7 Å². The van der Waals surface area contributed by atoms with E-state index in [-0.39, 0.29) is 23.2 Å². The van der Waals surface area contributed by atoms with Gasteiger partial charge in [0, 0.05) is 37.2 Å². The summed E-state index contributed by atoms with van der Waals surface area (Å²) >= 11 is 0. The highest BCUT2D eigenvalue weighted by molar-refractivity contribution is 5.93. The number of hydrogen-bond acceptors (Lipinski definition) is 5. The molecule has 0 aliphatic carbocycles. The molecule has 178 valence electrons. The second-order valence-electron chi connectivity index (χ2n) is 8.96. The second kappa shape index (κ2) is 9.32. The van der Waals surface area contributed by atoms with Crippen LogP contribution < -0.4 is 10.6 Å². The van der Waals surface area contributed by atoms with Crippen LogP contribution in [0.3, 0.4) is 0 Å². The Balaban J connectivity index is 1.31.